The summed E-state index contributed by atoms with van der Waals surface area (Å²) in [5, 5.41) is 3.43. The molecular formula is C29H30INO6S. The predicted octanol–water partition coefficient (Wildman–Crippen LogP) is 5.51. The van der Waals surface area contributed by atoms with Gasteiger partial charge in [-0.2, -0.15) is 0 Å². The van der Waals surface area contributed by atoms with Gasteiger partial charge in [-0.15, -0.1) is 0 Å². The molecule has 9 heteroatoms. The van der Waals surface area contributed by atoms with Crippen molar-refractivity contribution in [2.75, 3.05) is 12.5 Å². The maximum Gasteiger partial charge on any atom is 0.213 e. The second kappa shape index (κ2) is 10.8. The minimum atomic E-state index is -3.69. The van der Waals surface area contributed by atoms with Crippen molar-refractivity contribution < 1.29 is 27.5 Å². The van der Waals surface area contributed by atoms with Crippen LogP contribution < -0.4 is 14.8 Å². The Labute approximate surface area is 236 Å². The zero-order valence-corrected chi connectivity index (χ0v) is 24.4. The van der Waals surface area contributed by atoms with Crippen LogP contribution in [0.1, 0.15) is 62.5 Å². The number of halogens is 1. The Morgan fingerprint density at radius 1 is 0.921 bits per heavy atom. The number of aryl methyl sites for hydroxylation is 1. The Hall–Kier alpha value is -2.66. The van der Waals surface area contributed by atoms with E-state index in [1.165, 1.54) is 0 Å². The molecule has 38 heavy (non-hydrogen) atoms. The molecule has 0 atom stereocenters. The van der Waals surface area contributed by atoms with Gasteiger partial charge in [0.05, 0.1) is 15.1 Å². The molecule has 2 aliphatic carbocycles. The third kappa shape index (κ3) is 5.14. The largest absolute Gasteiger partial charge is 0.490 e. The summed E-state index contributed by atoms with van der Waals surface area (Å²) in [5.74, 6) is -0.172. The third-order valence-corrected chi connectivity index (χ3v) is 9.41. The highest BCUT2D eigenvalue weighted by molar-refractivity contribution is 14.1. The first kappa shape index (κ1) is 26.9. The van der Waals surface area contributed by atoms with Gasteiger partial charge in [0.15, 0.2) is 29.0 Å². The summed E-state index contributed by atoms with van der Waals surface area (Å²) in [5.41, 5.74) is 4.90. The second-order valence-electron chi connectivity index (χ2n) is 9.85. The molecular weight excluding hydrogens is 617 g/mol. The molecule has 1 heterocycles. The molecule has 0 saturated carbocycles. The van der Waals surface area contributed by atoms with E-state index in [9.17, 15) is 18.0 Å². The van der Waals surface area contributed by atoms with Crippen molar-refractivity contribution in [2.45, 2.75) is 63.2 Å². The van der Waals surface area contributed by atoms with E-state index in [4.69, 9.17) is 9.47 Å². The highest BCUT2D eigenvalue weighted by Crippen LogP contribution is 2.47. The molecule has 0 aromatic heterocycles. The monoisotopic (exact) mass is 647 g/mol. The zero-order chi connectivity index (χ0) is 27.0. The lowest BCUT2D eigenvalue weighted by atomic mass is 9.71. The molecule has 1 N–H and O–H groups in total. The first-order valence-corrected chi connectivity index (χ1v) is 15.6. The van der Waals surface area contributed by atoms with Crippen LogP contribution in [0.2, 0.25) is 0 Å². The van der Waals surface area contributed by atoms with Gasteiger partial charge in [0.2, 0.25) is 9.84 Å². The summed E-state index contributed by atoms with van der Waals surface area (Å²) >= 11 is 2.11. The van der Waals surface area contributed by atoms with E-state index >= 15 is 0 Å². The Bertz CT molecular complexity index is 1430. The van der Waals surface area contributed by atoms with Gasteiger partial charge in [-0.1, -0.05) is 17.7 Å². The summed E-state index contributed by atoms with van der Waals surface area (Å²) in [6.45, 7) is 4.08. The van der Waals surface area contributed by atoms with E-state index < -0.39 is 21.7 Å². The van der Waals surface area contributed by atoms with Gasteiger partial charge in [-0.05, 0) is 92.0 Å². The standard InChI is InChI=1S/C29H30INO6S/c1-3-36-25-15-18(14-20(30)29(25)37-16-38(34,35)19-12-10-17(2)11-13-19)26-27-21(6-4-8-23(27)32)31-22-7-5-9-24(33)28(22)26/h10-15,26,31H,3-9,16H2,1-2H3. The quantitative estimate of drug-likeness (QED) is 0.396. The molecule has 0 fully saturated rings. The van der Waals surface area contributed by atoms with Gasteiger partial charge in [0.1, 0.15) is 0 Å². The number of hydrogen-bond donors (Lipinski definition) is 1. The van der Waals surface area contributed by atoms with Crippen molar-refractivity contribution in [3.05, 3.63) is 73.6 Å². The maximum atomic E-state index is 13.2. The van der Waals surface area contributed by atoms with E-state index in [0.717, 1.165) is 48.2 Å². The maximum absolute atomic E-state index is 13.2. The Balaban J connectivity index is 1.54. The topological polar surface area (TPSA) is 98.8 Å². The number of nitrogens with one attached hydrogen (secondary N) is 1. The van der Waals surface area contributed by atoms with Crippen LogP contribution in [0.3, 0.4) is 0 Å². The summed E-state index contributed by atoms with van der Waals surface area (Å²) in [7, 11) is -3.69. The van der Waals surface area contributed by atoms with Gasteiger partial charge in [0.25, 0.3) is 0 Å². The van der Waals surface area contributed by atoms with Gasteiger partial charge >= 0.3 is 0 Å². The third-order valence-electron chi connectivity index (χ3n) is 7.19. The molecule has 1 aliphatic heterocycles. The van der Waals surface area contributed by atoms with E-state index in [1.54, 1.807) is 30.3 Å². The molecule has 0 saturated heterocycles. The van der Waals surface area contributed by atoms with Crippen LogP contribution in [0.25, 0.3) is 0 Å². The number of sulfone groups is 1. The molecule has 0 spiro atoms. The number of carbonyl (C=O) groups is 2. The Morgan fingerprint density at radius 3 is 2.11 bits per heavy atom. The van der Waals surface area contributed by atoms with Gasteiger partial charge in [-0.3, -0.25) is 9.59 Å². The number of ether oxygens (including phenoxy) is 2. The molecule has 0 unspecified atom stereocenters. The Kier molecular flexibility index (Phi) is 7.68. The normalized spacial score (nSPS) is 18.2. The molecule has 200 valence electrons. The smallest absolute Gasteiger partial charge is 0.213 e. The van der Waals surface area contributed by atoms with E-state index in [2.05, 4.69) is 27.9 Å². The second-order valence-corrected chi connectivity index (χ2v) is 12.9. The molecule has 0 bridgehead atoms. The van der Waals surface area contributed by atoms with Crippen LogP contribution >= 0.6 is 22.6 Å². The number of hydrogen-bond acceptors (Lipinski definition) is 7. The van der Waals surface area contributed by atoms with Crippen molar-refractivity contribution in [2.24, 2.45) is 0 Å². The first-order valence-electron chi connectivity index (χ1n) is 12.9. The summed E-state index contributed by atoms with van der Waals surface area (Å²) in [4.78, 5) is 26.5. The lowest BCUT2D eigenvalue weighted by molar-refractivity contribution is -0.117. The van der Waals surface area contributed by atoms with Gasteiger partial charge < -0.3 is 14.8 Å². The highest BCUT2D eigenvalue weighted by Gasteiger charge is 2.40. The Morgan fingerprint density at radius 2 is 1.53 bits per heavy atom. The van der Waals surface area contributed by atoms with Crippen molar-refractivity contribution in [1.29, 1.82) is 0 Å². The van der Waals surface area contributed by atoms with Crippen molar-refractivity contribution >= 4 is 44.0 Å². The average molecular weight is 648 g/mol. The molecule has 2 aromatic rings. The minimum Gasteiger partial charge on any atom is -0.490 e. The van der Waals surface area contributed by atoms with Crippen LogP contribution in [0, 0.1) is 10.5 Å². The molecule has 5 rings (SSSR count). The zero-order valence-electron chi connectivity index (χ0n) is 21.4. The van der Waals surface area contributed by atoms with Gasteiger partial charge in [0, 0.05) is 41.3 Å². The summed E-state index contributed by atoms with van der Waals surface area (Å²) < 4.78 is 38.3. The van der Waals surface area contributed by atoms with E-state index in [0.29, 0.717) is 45.7 Å². The number of ketones is 2. The first-order chi connectivity index (χ1) is 18.2. The summed E-state index contributed by atoms with van der Waals surface area (Å²) in [6, 6.07) is 10.3. The van der Waals surface area contributed by atoms with Crippen LogP contribution in [0.4, 0.5) is 0 Å². The van der Waals surface area contributed by atoms with E-state index in [-0.39, 0.29) is 16.5 Å². The van der Waals surface area contributed by atoms with Crippen LogP contribution in [-0.2, 0) is 19.4 Å². The van der Waals surface area contributed by atoms with Crippen molar-refractivity contribution in [3.63, 3.8) is 0 Å². The number of carbonyl (C=O) groups excluding carboxylic acids is 2. The van der Waals surface area contributed by atoms with Gasteiger partial charge in [-0.25, -0.2) is 8.42 Å². The lowest BCUT2D eigenvalue weighted by Crippen LogP contribution is -2.36. The number of Topliss-reactive ketones (excluding diaryl/α,β-unsaturated/α-hetero) is 2. The molecule has 7 nitrogen and oxygen atoms in total. The number of dihydropyridines is 1. The number of allylic oxidation sites excluding steroid dienone is 4. The average Bonchev–Trinajstić information content (AvgIpc) is 2.87. The van der Waals surface area contributed by atoms with Crippen LogP contribution in [0.5, 0.6) is 11.5 Å². The predicted molar refractivity (Wildman–Crippen MR) is 152 cm³/mol. The molecule has 0 amide bonds. The fourth-order valence-electron chi connectivity index (χ4n) is 5.42. The van der Waals surface area contributed by atoms with E-state index in [1.807, 2.05) is 19.9 Å². The van der Waals surface area contributed by atoms with Crippen molar-refractivity contribution in [3.8, 4) is 11.5 Å². The molecule has 3 aliphatic rings. The fourth-order valence-corrected chi connectivity index (χ4v) is 7.17. The SMILES string of the molecule is CCOc1cc(C2C3=C(CCCC3=O)NC3=C2C(=O)CCC3)cc(I)c1OCS(=O)(=O)c1ccc(C)cc1. The fraction of sp³-hybridized carbons (Fsp3) is 0.379. The van der Waals surface area contributed by atoms with Crippen LogP contribution in [0.15, 0.2) is 63.8 Å². The molecule has 0 radical (unpaired) electrons. The van der Waals surface area contributed by atoms with Crippen LogP contribution in [-0.4, -0.2) is 32.5 Å². The van der Waals surface area contributed by atoms with Crippen molar-refractivity contribution in [1.82, 2.24) is 5.32 Å². The minimum absolute atomic E-state index is 0.0613. The lowest BCUT2D eigenvalue weighted by Gasteiger charge is -2.37. The summed E-state index contributed by atoms with van der Waals surface area (Å²) in [6.07, 6.45) is 4.05. The number of rotatable bonds is 7. The highest BCUT2D eigenvalue weighted by atomic mass is 127. The molecule has 2 aromatic carbocycles. The number of benzene rings is 2.